The predicted molar refractivity (Wildman–Crippen MR) is 78.0 cm³/mol. The summed E-state index contributed by atoms with van der Waals surface area (Å²) >= 11 is 6.77. The van der Waals surface area contributed by atoms with Crippen LogP contribution in [-0.4, -0.2) is 26.9 Å². The van der Waals surface area contributed by atoms with Gasteiger partial charge in [-0.25, -0.2) is 4.68 Å². The van der Waals surface area contributed by atoms with Crippen molar-refractivity contribution in [3.8, 4) is 0 Å². The van der Waals surface area contributed by atoms with E-state index in [2.05, 4.69) is 29.3 Å². The molecule has 0 unspecified atom stereocenters. The number of thioether (sulfide) groups is 1. The quantitative estimate of drug-likeness (QED) is 0.492. The Bertz CT molecular complexity index is 623. The number of rotatable bonds is 3. The van der Waals surface area contributed by atoms with Crippen LogP contribution in [0.3, 0.4) is 0 Å². The Morgan fingerprint density at radius 1 is 1.33 bits per heavy atom. The van der Waals surface area contributed by atoms with E-state index in [4.69, 9.17) is 12.2 Å². The number of aryl methyl sites for hydroxylation is 2. The van der Waals surface area contributed by atoms with Crippen LogP contribution in [0.4, 0.5) is 0 Å². The largest absolute Gasteiger partial charge is 0.239 e. The molecule has 0 bridgehead atoms. The molecule has 0 N–H and O–H groups in total. The van der Waals surface area contributed by atoms with Crippen molar-refractivity contribution >= 4 is 30.2 Å². The summed E-state index contributed by atoms with van der Waals surface area (Å²) in [5.74, 6) is 0. The van der Waals surface area contributed by atoms with Crippen molar-refractivity contribution in [2.75, 3.05) is 6.26 Å². The Kier molecular flexibility index (Phi) is 3.98. The van der Waals surface area contributed by atoms with Gasteiger partial charge in [-0.05, 0) is 31.0 Å². The smallest absolute Gasteiger partial charge is 0.219 e. The lowest BCUT2D eigenvalue weighted by Crippen LogP contribution is -1.94. The summed E-state index contributed by atoms with van der Waals surface area (Å²) in [6.07, 6.45) is 3.74. The second-order valence-corrected chi connectivity index (χ2v) is 5.00. The lowest BCUT2D eigenvalue weighted by Gasteiger charge is -1.97. The van der Waals surface area contributed by atoms with Crippen molar-refractivity contribution < 1.29 is 0 Å². The van der Waals surface area contributed by atoms with Crippen LogP contribution < -0.4 is 0 Å². The van der Waals surface area contributed by atoms with Crippen molar-refractivity contribution in [3.63, 3.8) is 0 Å². The minimum atomic E-state index is 0.586. The second kappa shape index (κ2) is 5.49. The van der Waals surface area contributed by atoms with E-state index in [1.807, 2.05) is 25.4 Å². The Labute approximate surface area is 115 Å². The first-order chi connectivity index (χ1) is 8.61. The van der Waals surface area contributed by atoms with Crippen LogP contribution in [0.5, 0.6) is 0 Å². The number of benzene rings is 1. The Balaban J connectivity index is 2.34. The molecule has 0 saturated heterocycles. The van der Waals surface area contributed by atoms with Crippen molar-refractivity contribution in [1.82, 2.24) is 14.5 Å². The number of nitrogens with zero attached hydrogens (tertiary/aromatic N) is 4. The molecule has 1 aromatic carbocycles. The highest BCUT2D eigenvalue weighted by atomic mass is 32.2. The van der Waals surface area contributed by atoms with Gasteiger partial charge in [0.2, 0.25) is 9.93 Å². The van der Waals surface area contributed by atoms with Gasteiger partial charge in [-0.1, -0.05) is 41.6 Å². The molecule has 2 aromatic rings. The van der Waals surface area contributed by atoms with Gasteiger partial charge in [0.1, 0.15) is 0 Å². The van der Waals surface area contributed by atoms with E-state index in [0.29, 0.717) is 4.77 Å². The molecule has 94 valence electrons. The van der Waals surface area contributed by atoms with Gasteiger partial charge >= 0.3 is 0 Å². The van der Waals surface area contributed by atoms with Gasteiger partial charge in [-0.3, -0.25) is 0 Å². The van der Waals surface area contributed by atoms with Gasteiger partial charge in [0.25, 0.3) is 0 Å². The molecule has 1 aromatic heterocycles. The molecule has 0 amide bonds. The van der Waals surface area contributed by atoms with Gasteiger partial charge in [-0.2, -0.15) is 9.78 Å². The fourth-order valence-corrected chi connectivity index (χ4v) is 2.18. The van der Waals surface area contributed by atoms with E-state index in [-0.39, 0.29) is 0 Å². The van der Waals surface area contributed by atoms with E-state index in [0.717, 1.165) is 10.7 Å². The number of aromatic nitrogens is 3. The Morgan fingerprint density at radius 3 is 2.61 bits per heavy atom. The maximum Gasteiger partial charge on any atom is 0.219 e. The first kappa shape index (κ1) is 13.0. The second-order valence-electron chi connectivity index (χ2n) is 3.86. The number of hydrogen-bond acceptors (Lipinski definition) is 4. The van der Waals surface area contributed by atoms with Crippen molar-refractivity contribution in [2.45, 2.75) is 12.1 Å². The first-order valence-corrected chi connectivity index (χ1v) is 7.06. The van der Waals surface area contributed by atoms with Gasteiger partial charge in [0.15, 0.2) is 0 Å². The maximum atomic E-state index is 5.25. The van der Waals surface area contributed by atoms with E-state index in [1.54, 1.807) is 15.6 Å². The van der Waals surface area contributed by atoms with Crippen LogP contribution >= 0.6 is 24.0 Å². The van der Waals surface area contributed by atoms with Crippen LogP contribution in [0.1, 0.15) is 11.1 Å². The highest BCUT2D eigenvalue weighted by Crippen LogP contribution is 2.12. The third-order valence-corrected chi connectivity index (χ3v) is 3.51. The van der Waals surface area contributed by atoms with Gasteiger partial charge in [0.05, 0.1) is 6.21 Å². The minimum Gasteiger partial charge on any atom is -0.239 e. The van der Waals surface area contributed by atoms with Crippen LogP contribution in [0.15, 0.2) is 34.5 Å². The van der Waals surface area contributed by atoms with Crippen molar-refractivity contribution in [3.05, 3.63) is 40.2 Å². The average Bonchev–Trinajstić information content (AvgIpc) is 2.65. The first-order valence-electron chi connectivity index (χ1n) is 5.43. The summed E-state index contributed by atoms with van der Waals surface area (Å²) < 4.78 is 3.90. The van der Waals surface area contributed by atoms with E-state index in [1.165, 1.54) is 17.3 Å². The minimum absolute atomic E-state index is 0.586. The van der Waals surface area contributed by atoms with Gasteiger partial charge < -0.3 is 0 Å². The summed E-state index contributed by atoms with van der Waals surface area (Å²) in [5, 5.41) is 9.44. The lowest BCUT2D eigenvalue weighted by molar-refractivity contribution is 0.730. The standard InChI is InChI=1S/C12H14N4S2/c1-9-4-6-10(7-5-9)8-13-16-11(18-3)14-15(2)12(16)17/h4-8H,1-3H3/b13-8+. The molecule has 0 aliphatic carbocycles. The van der Waals surface area contributed by atoms with Crippen LogP contribution in [0, 0.1) is 11.7 Å². The topological polar surface area (TPSA) is 35.1 Å². The molecule has 2 rings (SSSR count). The summed E-state index contributed by atoms with van der Waals surface area (Å²) in [6.45, 7) is 2.06. The molecule has 1 heterocycles. The SMILES string of the molecule is CSc1nn(C)c(=S)n1/N=C/c1ccc(C)cc1. The summed E-state index contributed by atoms with van der Waals surface area (Å²) in [7, 11) is 1.82. The fraction of sp³-hybridized carbons (Fsp3) is 0.250. The molecule has 0 aliphatic rings. The van der Waals surface area contributed by atoms with Crippen LogP contribution in [-0.2, 0) is 7.05 Å². The number of hydrogen-bond donors (Lipinski definition) is 0. The highest BCUT2D eigenvalue weighted by Gasteiger charge is 2.05. The van der Waals surface area contributed by atoms with E-state index >= 15 is 0 Å². The fourth-order valence-electron chi connectivity index (χ4n) is 1.44. The molecule has 0 radical (unpaired) electrons. The van der Waals surface area contributed by atoms with Crippen LogP contribution in [0.2, 0.25) is 0 Å². The van der Waals surface area contributed by atoms with Gasteiger partial charge in [-0.15, -0.1) is 5.10 Å². The monoisotopic (exact) mass is 278 g/mol. The molecular weight excluding hydrogens is 264 g/mol. The zero-order chi connectivity index (χ0) is 13.1. The third kappa shape index (κ3) is 2.70. The molecule has 0 aliphatic heterocycles. The summed E-state index contributed by atoms with van der Waals surface area (Å²) in [5.41, 5.74) is 2.27. The molecule has 18 heavy (non-hydrogen) atoms. The third-order valence-electron chi connectivity index (χ3n) is 2.46. The van der Waals surface area contributed by atoms with E-state index < -0.39 is 0 Å². The Hall–Kier alpha value is -1.40. The van der Waals surface area contributed by atoms with Crippen LogP contribution in [0.25, 0.3) is 0 Å². The maximum absolute atomic E-state index is 5.25. The molecular formula is C12H14N4S2. The highest BCUT2D eigenvalue weighted by molar-refractivity contribution is 7.98. The molecule has 0 fully saturated rings. The molecule has 0 spiro atoms. The molecule has 6 heteroatoms. The zero-order valence-corrected chi connectivity index (χ0v) is 12.1. The summed E-state index contributed by atoms with van der Waals surface area (Å²) in [6, 6.07) is 8.16. The molecule has 0 saturated carbocycles. The summed E-state index contributed by atoms with van der Waals surface area (Å²) in [4.78, 5) is 0. The lowest BCUT2D eigenvalue weighted by atomic mass is 10.2. The van der Waals surface area contributed by atoms with Gasteiger partial charge in [0, 0.05) is 7.05 Å². The zero-order valence-electron chi connectivity index (χ0n) is 10.5. The van der Waals surface area contributed by atoms with Crippen molar-refractivity contribution in [2.24, 2.45) is 12.1 Å². The predicted octanol–water partition coefficient (Wildman–Crippen LogP) is 2.86. The van der Waals surface area contributed by atoms with Crippen molar-refractivity contribution in [1.29, 1.82) is 0 Å². The average molecular weight is 278 g/mol. The molecule has 4 nitrogen and oxygen atoms in total. The van der Waals surface area contributed by atoms with E-state index in [9.17, 15) is 0 Å². The normalized spacial score (nSPS) is 11.3. The Morgan fingerprint density at radius 2 is 2.00 bits per heavy atom. The molecule has 0 atom stereocenters.